The smallest absolute Gasteiger partial charge is 0.133 e. The summed E-state index contributed by atoms with van der Waals surface area (Å²) in [6.45, 7) is -0.115. The van der Waals surface area contributed by atoms with Crippen molar-refractivity contribution in [3.63, 3.8) is 0 Å². The Bertz CT molecular complexity index is 710. The number of aromatic amines is 1. The van der Waals surface area contributed by atoms with Gasteiger partial charge in [0, 0.05) is 10.5 Å². The number of aliphatic hydroxyl groups excluding tert-OH is 1. The molecule has 0 atom stereocenters. The van der Waals surface area contributed by atoms with E-state index in [9.17, 15) is 0 Å². The number of benzene rings is 2. The number of para-hydroxylation sites is 1. The van der Waals surface area contributed by atoms with Crippen LogP contribution in [0.25, 0.3) is 11.0 Å². The zero-order valence-electron chi connectivity index (χ0n) is 9.93. The molecule has 5 heteroatoms. The fourth-order valence-electron chi connectivity index (χ4n) is 1.86. The van der Waals surface area contributed by atoms with Crippen molar-refractivity contribution >= 4 is 27.0 Å². The van der Waals surface area contributed by atoms with Crippen LogP contribution in [0, 0.1) is 0 Å². The molecule has 0 bridgehead atoms. The van der Waals surface area contributed by atoms with Crippen LogP contribution in [0.15, 0.2) is 46.9 Å². The molecular weight excluding hydrogens is 308 g/mol. The van der Waals surface area contributed by atoms with Crippen molar-refractivity contribution < 1.29 is 9.84 Å². The summed E-state index contributed by atoms with van der Waals surface area (Å²) in [5.74, 6) is 2.02. The molecule has 0 aliphatic carbocycles. The molecule has 0 unspecified atom stereocenters. The van der Waals surface area contributed by atoms with Crippen molar-refractivity contribution in [3.8, 4) is 11.5 Å². The zero-order valence-corrected chi connectivity index (χ0v) is 11.5. The number of nitrogens with one attached hydrogen (secondary N) is 1. The van der Waals surface area contributed by atoms with Crippen molar-refractivity contribution in [3.05, 3.63) is 52.8 Å². The molecule has 1 aromatic heterocycles. The van der Waals surface area contributed by atoms with Crippen LogP contribution in [-0.2, 0) is 6.61 Å². The monoisotopic (exact) mass is 318 g/mol. The Morgan fingerprint density at radius 2 is 1.95 bits per heavy atom. The first-order valence-electron chi connectivity index (χ1n) is 5.78. The van der Waals surface area contributed by atoms with Gasteiger partial charge in [-0.15, -0.1) is 0 Å². The largest absolute Gasteiger partial charge is 0.457 e. The molecule has 0 saturated carbocycles. The molecule has 0 saturated heterocycles. The maximum absolute atomic E-state index is 9.09. The van der Waals surface area contributed by atoms with Crippen LogP contribution in [0.1, 0.15) is 5.82 Å². The normalized spacial score (nSPS) is 10.8. The average Bonchev–Trinajstić information content (AvgIpc) is 2.83. The van der Waals surface area contributed by atoms with E-state index in [1.807, 2.05) is 42.5 Å². The zero-order chi connectivity index (χ0) is 13.2. The van der Waals surface area contributed by atoms with Crippen molar-refractivity contribution in [2.75, 3.05) is 0 Å². The molecule has 0 amide bonds. The number of hydrogen-bond acceptors (Lipinski definition) is 3. The van der Waals surface area contributed by atoms with Gasteiger partial charge in [-0.2, -0.15) is 0 Å². The minimum absolute atomic E-state index is 0.115. The molecule has 96 valence electrons. The van der Waals surface area contributed by atoms with Gasteiger partial charge in [0.15, 0.2) is 0 Å². The topological polar surface area (TPSA) is 58.1 Å². The van der Waals surface area contributed by atoms with E-state index in [4.69, 9.17) is 9.84 Å². The molecule has 0 spiro atoms. The van der Waals surface area contributed by atoms with Crippen molar-refractivity contribution in [2.45, 2.75) is 6.61 Å². The molecule has 1 heterocycles. The Kier molecular flexibility index (Phi) is 3.23. The van der Waals surface area contributed by atoms with Gasteiger partial charge in [-0.25, -0.2) is 4.98 Å². The number of H-pyrrole nitrogens is 1. The maximum Gasteiger partial charge on any atom is 0.133 e. The van der Waals surface area contributed by atoms with Crippen LogP contribution >= 0.6 is 15.9 Å². The number of imidazole rings is 1. The molecular formula is C14H11BrN2O2. The summed E-state index contributed by atoms with van der Waals surface area (Å²) in [5.41, 5.74) is 1.61. The number of aliphatic hydroxyl groups is 1. The van der Waals surface area contributed by atoms with Crippen LogP contribution in [0.5, 0.6) is 11.5 Å². The number of halogens is 1. The van der Waals surface area contributed by atoms with Gasteiger partial charge < -0.3 is 14.8 Å². The van der Waals surface area contributed by atoms with Gasteiger partial charge in [0.25, 0.3) is 0 Å². The Morgan fingerprint density at radius 1 is 1.16 bits per heavy atom. The third kappa shape index (κ3) is 2.47. The minimum Gasteiger partial charge on any atom is -0.457 e. The molecule has 0 aliphatic rings. The number of aromatic nitrogens is 2. The summed E-state index contributed by atoms with van der Waals surface area (Å²) in [4.78, 5) is 7.31. The van der Waals surface area contributed by atoms with E-state index < -0.39 is 0 Å². The highest BCUT2D eigenvalue weighted by Crippen LogP contribution is 2.30. The second-order valence-electron chi connectivity index (χ2n) is 4.06. The quantitative estimate of drug-likeness (QED) is 0.775. The predicted molar refractivity (Wildman–Crippen MR) is 76.2 cm³/mol. The molecule has 4 nitrogen and oxygen atoms in total. The van der Waals surface area contributed by atoms with Crippen LogP contribution in [0.2, 0.25) is 0 Å². The summed E-state index contributed by atoms with van der Waals surface area (Å²) >= 11 is 3.46. The van der Waals surface area contributed by atoms with Crippen LogP contribution < -0.4 is 4.74 Å². The summed E-state index contributed by atoms with van der Waals surface area (Å²) in [6, 6.07) is 13.3. The first-order valence-corrected chi connectivity index (χ1v) is 6.57. The van der Waals surface area contributed by atoms with Gasteiger partial charge in [0.2, 0.25) is 0 Å². The third-order valence-electron chi connectivity index (χ3n) is 2.69. The SMILES string of the molecule is OCc1nc2c(Br)cc(Oc3ccccc3)cc2[nH]1. The van der Waals surface area contributed by atoms with E-state index in [0.717, 1.165) is 21.3 Å². The average molecular weight is 319 g/mol. The van der Waals surface area contributed by atoms with Gasteiger partial charge in [-0.05, 0) is 34.1 Å². The van der Waals surface area contributed by atoms with Gasteiger partial charge in [-0.1, -0.05) is 18.2 Å². The maximum atomic E-state index is 9.09. The van der Waals surface area contributed by atoms with Crippen molar-refractivity contribution in [1.82, 2.24) is 9.97 Å². The first kappa shape index (κ1) is 12.2. The van der Waals surface area contributed by atoms with Gasteiger partial charge in [0.1, 0.15) is 29.4 Å². The summed E-state index contributed by atoms with van der Waals surface area (Å²) in [5, 5.41) is 9.09. The number of fused-ring (bicyclic) bond motifs is 1. The fraction of sp³-hybridized carbons (Fsp3) is 0.0714. The lowest BCUT2D eigenvalue weighted by Crippen LogP contribution is -1.84. The predicted octanol–water partition coefficient (Wildman–Crippen LogP) is 3.61. The Labute approximate surface area is 118 Å². The van der Waals surface area contributed by atoms with E-state index >= 15 is 0 Å². The van der Waals surface area contributed by atoms with Gasteiger partial charge in [0.05, 0.1) is 5.52 Å². The molecule has 3 aromatic rings. The second kappa shape index (κ2) is 5.03. The highest BCUT2D eigenvalue weighted by atomic mass is 79.9. The van der Waals surface area contributed by atoms with Crippen LogP contribution in [-0.4, -0.2) is 15.1 Å². The number of nitrogens with zero attached hydrogens (tertiary/aromatic N) is 1. The van der Waals surface area contributed by atoms with Crippen molar-refractivity contribution in [1.29, 1.82) is 0 Å². The van der Waals surface area contributed by atoms with Crippen LogP contribution in [0.4, 0.5) is 0 Å². The highest BCUT2D eigenvalue weighted by Gasteiger charge is 2.08. The second-order valence-corrected chi connectivity index (χ2v) is 4.91. The van der Waals surface area contributed by atoms with Crippen molar-refractivity contribution in [2.24, 2.45) is 0 Å². The van der Waals surface area contributed by atoms with E-state index in [1.165, 1.54) is 0 Å². The number of rotatable bonds is 3. The van der Waals surface area contributed by atoms with Gasteiger partial charge >= 0.3 is 0 Å². The molecule has 0 radical (unpaired) electrons. The lowest BCUT2D eigenvalue weighted by molar-refractivity contribution is 0.273. The highest BCUT2D eigenvalue weighted by molar-refractivity contribution is 9.10. The first-order chi connectivity index (χ1) is 9.26. The summed E-state index contributed by atoms with van der Waals surface area (Å²) in [7, 11) is 0. The molecule has 0 aliphatic heterocycles. The Morgan fingerprint density at radius 3 is 2.68 bits per heavy atom. The fourth-order valence-corrected chi connectivity index (χ4v) is 2.39. The number of ether oxygens (including phenoxy) is 1. The molecule has 19 heavy (non-hydrogen) atoms. The third-order valence-corrected chi connectivity index (χ3v) is 3.30. The van der Waals surface area contributed by atoms with Crippen LogP contribution in [0.3, 0.4) is 0 Å². The lowest BCUT2D eigenvalue weighted by atomic mass is 10.3. The molecule has 0 fully saturated rings. The summed E-state index contributed by atoms with van der Waals surface area (Å²) in [6.07, 6.45) is 0. The van der Waals surface area contributed by atoms with E-state index in [0.29, 0.717) is 11.6 Å². The molecule has 2 aromatic carbocycles. The van der Waals surface area contributed by atoms with E-state index in [2.05, 4.69) is 25.9 Å². The lowest BCUT2D eigenvalue weighted by Gasteiger charge is -2.06. The van der Waals surface area contributed by atoms with Gasteiger partial charge in [-0.3, -0.25) is 0 Å². The van der Waals surface area contributed by atoms with E-state index in [1.54, 1.807) is 0 Å². The Balaban J connectivity index is 2.01. The summed E-state index contributed by atoms with van der Waals surface area (Å²) < 4.78 is 6.60. The molecule has 3 rings (SSSR count). The standard InChI is InChI=1S/C14H11BrN2O2/c15-11-6-10(19-9-4-2-1-3-5-9)7-12-14(11)17-13(8-18)16-12/h1-7,18H,8H2,(H,16,17). The molecule has 2 N–H and O–H groups in total. The van der Waals surface area contributed by atoms with E-state index in [-0.39, 0.29) is 6.61 Å². The Hall–Kier alpha value is -1.85. The minimum atomic E-state index is -0.115. The number of hydrogen-bond donors (Lipinski definition) is 2.